The highest BCUT2D eigenvalue weighted by Crippen LogP contribution is 2.22. The molecule has 1 N–H and O–H groups in total. The largest absolute Gasteiger partial charge is 0.316 e. The van der Waals surface area contributed by atoms with E-state index in [1.165, 1.54) is 58.4 Å². The molecule has 0 aromatic carbocycles. The van der Waals surface area contributed by atoms with E-state index in [9.17, 15) is 0 Å². The van der Waals surface area contributed by atoms with Crippen molar-refractivity contribution >= 4 is 0 Å². The number of hydrogen-bond donors (Lipinski definition) is 1. The van der Waals surface area contributed by atoms with Gasteiger partial charge in [-0.2, -0.15) is 0 Å². The van der Waals surface area contributed by atoms with Crippen LogP contribution in [0.25, 0.3) is 0 Å². The molecule has 0 spiro atoms. The first-order chi connectivity index (χ1) is 6.88. The van der Waals surface area contributed by atoms with E-state index in [2.05, 4.69) is 17.1 Å². The minimum Gasteiger partial charge on any atom is -0.316 e. The number of nitrogens with zero attached hydrogens (tertiary/aromatic N) is 1. The summed E-state index contributed by atoms with van der Waals surface area (Å²) in [6.07, 6.45) is 5.66. The molecule has 0 saturated carbocycles. The van der Waals surface area contributed by atoms with Gasteiger partial charge in [0.2, 0.25) is 0 Å². The van der Waals surface area contributed by atoms with Crippen molar-refractivity contribution in [2.45, 2.75) is 32.6 Å². The molecular weight excluding hydrogens is 172 g/mol. The Balaban J connectivity index is 1.67. The molecule has 2 aliphatic heterocycles. The molecule has 2 heterocycles. The van der Waals surface area contributed by atoms with Crippen molar-refractivity contribution in [3.05, 3.63) is 0 Å². The van der Waals surface area contributed by atoms with Crippen LogP contribution < -0.4 is 5.32 Å². The van der Waals surface area contributed by atoms with Gasteiger partial charge in [-0.1, -0.05) is 13.3 Å². The second-order valence-corrected chi connectivity index (χ2v) is 5.06. The Hall–Kier alpha value is -0.0800. The molecule has 2 heteroatoms. The Morgan fingerprint density at radius 1 is 1.29 bits per heavy atom. The third-order valence-electron chi connectivity index (χ3n) is 3.75. The van der Waals surface area contributed by atoms with Crippen LogP contribution in [0.2, 0.25) is 0 Å². The summed E-state index contributed by atoms with van der Waals surface area (Å²) in [5.41, 5.74) is 0. The van der Waals surface area contributed by atoms with Crippen molar-refractivity contribution in [3.8, 4) is 0 Å². The fourth-order valence-electron chi connectivity index (χ4n) is 2.96. The van der Waals surface area contributed by atoms with Gasteiger partial charge >= 0.3 is 0 Å². The minimum atomic E-state index is 0.940. The Bertz CT molecular complexity index is 164. The lowest BCUT2D eigenvalue weighted by Gasteiger charge is -2.19. The average Bonchev–Trinajstić information content (AvgIpc) is 2.79. The van der Waals surface area contributed by atoms with Gasteiger partial charge in [0.15, 0.2) is 0 Å². The van der Waals surface area contributed by atoms with E-state index in [-0.39, 0.29) is 0 Å². The number of rotatable bonds is 4. The van der Waals surface area contributed by atoms with Crippen LogP contribution in [0.15, 0.2) is 0 Å². The molecule has 0 aromatic heterocycles. The quantitative estimate of drug-likeness (QED) is 0.736. The van der Waals surface area contributed by atoms with E-state index in [0.717, 1.165) is 11.8 Å². The van der Waals surface area contributed by atoms with E-state index in [4.69, 9.17) is 0 Å². The standard InChI is InChI=1S/C12H24N2/c1-2-3-11-5-7-14(9-11)10-12-4-6-13-8-12/h11-13H,2-10H2,1H3. The van der Waals surface area contributed by atoms with Gasteiger partial charge in [-0.15, -0.1) is 0 Å². The molecule has 0 amide bonds. The Labute approximate surface area is 88.1 Å². The van der Waals surface area contributed by atoms with Crippen LogP contribution in [0.4, 0.5) is 0 Å². The maximum Gasteiger partial charge on any atom is 0.00224 e. The first kappa shape index (κ1) is 10.4. The van der Waals surface area contributed by atoms with Gasteiger partial charge in [0, 0.05) is 13.1 Å². The Morgan fingerprint density at radius 3 is 2.93 bits per heavy atom. The van der Waals surface area contributed by atoms with Crippen LogP contribution in [0.1, 0.15) is 32.6 Å². The number of nitrogens with one attached hydrogen (secondary N) is 1. The number of likely N-dealkylation sites (tertiary alicyclic amines) is 1. The average molecular weight is 196 g/mol. The molecular formula is C12H24N2. The predicted octanol–water partition coefficient (Wildman–Crippen LogP) is 1.72. The van der Waals surface area contributed by atoms with Crippen LogP contribution in [0, 0.1) is 11.8 Å². The molecule has 2 unspecified atom stereocenters. The van der Waals surface area contributed by atoms with E-state index in [0.29, 0.717) is 0 Å². The maximum atomic E-state index is 3.46. The van der Waals surface area contributed by atoms with Gasteiger partial charge in [-0.05, 0) is 50.7 Å². The molecule has 0 aromatic rings. The first-order valence-electron chi connectivity index (χ1n) is 6.31. The smallest absolute Gasteiger partial charge is 0.00224 e. The van der Waals surface area contributed by atoms with Crippen molar-refractivity contribution in [1.82, 2.24) is 10.2 Å². The third-order valence-corrected chi connectivity index (χ3v) is 3.75. The zero-order valence-corrected chi connectivity index (χ0v) is 9.47. The number of hydrogen-bond acceptors (Lipinski definition) is 2. The van der Waals surface area contributed by atoms with Crippen LogP contribution in [0.3, 0.4) is 0 Å². The summed E-state index contributed by atoms with van der Waals surface area (Å²) < 4.78 is 0. The van der Waals surface area contributed by atoms with Crippen LogP contribution in [-0.2, 0) is 0 Å². The first-order valence-corrected chi connectivity index (χ1v) is 6.31. The van der Waals surface area contributed by atoms with Gasteiger partial charge in [0.1, 0.15) is 0 Å². The molecule has 2 rings (SSSR count). The lowest BCUT2D eigenvalue weighted by atomic mass is 10.0. The van der Waals surface area contributed by atoms with Gasteiger partial charge in [0.05, 0.1) is 0 Å². The van der Waals surface area contributed by atoms with Gasteiger partial charge in [-0.25, -0.2) is 0 Å². The summed E-state index contributed by atoms with van der Waals surface area (Å²) >= 11 is 0. The van der Waals surface area contributed by atoms with Crippen LogP contribution >= 0.6 is 0 Å². The zero-order valence-electron chi connectivity index (χ0n) is 9.47. The highest BCUT2D eigenvalue weighted by molar-refractivity contribution is 4.80. The van der Waals surface area contributed by atoms with Gasteiger partial charge in [-0.3, -0.25) is 0 Å². The topological polar surface area (TPSA) is 15.3 Å². The van der Waals surface area contributed by atoms with E-state index in [1.54, 1.807) is 0 Å². The van der Waals surface area contributed by atoms with E-state index in [1.807, 2.05) is 0 Å². The summed E-state index contributed by atoms with van der Waals surface area (Å²) in [7, 11) is 0. The molecule has 0 bridgehead atoms. The SMILES string of the molecule is CCCC1CCN(CC2CCNC2)C1. The van der Waals surface area contributed by atoms with Gasteiger partial charge < -0.3 is 10.2 Å². The second-order valence-electron chi connectivity index (χ2n) is 5.06. The minimum absolute atomic E-state index is 0.940. The van der Waals surface area contributed by atoms with Crippen LogP contribution in [0.5, 0.6) is 0 Å². The second kappa shape index (κ2) is 5.13. The lowest BCUT2D eigenvalue weighted by Crippen LogP contribution is -2.28. The third kappa shape index (κ3) is 2.71. The highest BCUT2D eigenvalue weighted by atomic mass is 15.2. The molecule has 82 valence electrons. The summed E-state index contributed by atoms with van der Waals surface area (Å²) in [6.45, 7) is 8.91. The predicted molar refractivity (Wildman–Crippen MR) is 60.4 cm³/mol. The summed E-state index contributed by atoms with van der Waals surface area (Å²) in [6, 6.07) is 0. The van der Waals surface area contributed by atoms with Crippen molar-refractivity contribution < 1.29 is 0 Å². The highest BCUT2D eigenvalue weighted by Gasteiger charge is 2.25. The van der Waals surface area contributed by atoms with Crippen LogP contribution in [-0.4, -0.2) is 37.6 Å². The summed E-state index contributed by atoms with van der Waals surface area (Å²) in [4.78, 5) is 2.69. The molecule has 0 radical (unpaired) electrons. The Morgan fingerprint density at radius 2 is 2.21 bits per heavy atom. The summed E-state index contributed by atoms with van der Waals surface area (Å²) in [5, 5.41) is 3.46. The molecule has 2 fully saturated rings. The van der Waals surface area contributed by atoms with Crippen molar-refractivity contribution in [2.24, 2.45) is 11.8 Å². The van der Waals surface area contributed by atoms with Crippen molar-refractivity contribution in [2.75, 3.05) is 32.7 Å². The molecule has 2 nitrogen and oxygen atoms in total. The normalized spacial score (nSPS) is 34.1. The molecule has 14 heavy (non-hydrogen) atoms. The molecule has 2 aliphatic rings. The fraction of sp³-hybridized carbons (Fsp3) is 1.00. The van der Waals surface area contributed by atoms with Gasteiger partial charge in [0.25, 0.3) is 0 Å². The maximum absolute atomic E-state index is 3.46. The van der Waals surface area contributed by atoms with E-state index >= 15 is 0 Å². The van der Waals surface area contributed by atoms with Crippen molar-refractivity contribution in [1.29, 1.82) is 0 Å². The molecule has 0 aliphatic carbocycles. The zero-order chi connectivity index (χ0) is 9.80. The Kier molecular flexibility index (Phi) is 3.82. The monoisotopic (exact) mass is 196 g/mol. The molecule has 2 saturated heterocycles. The van der Waals surface area contributed by atoms with Crippen molar-refractivity contribution in [3.63, 3.8) is 0 Å². The molecule has 2 atom stereocenters. The fourth-order valence-corrected chi connectivity index (χ4v) is 2.96. The summed E-state index contributed by atoms with van der Waals surface area (Å²) in [5.74, 6) is 1.95. The van der Waals surface area contributed by atoms with E-state index < -0.39 is 0 Å². The lowest BCUT2D eigenvalue weighted by molar-refractivity contribution is 0.275.